The molecule has 0 aromatic heterocycles. The summed E-state index contributed by atoms with van der Waals surface area (Å²) in [6.07, 6.45) is 17.8. The van der Waals surface area contributed by atoms with Crippen LogP contribution >= 0.6 is 0 Å². The van der Waals surface area contributed by atoms with E-state index in [-0.39, 0.29) is 17.4 Å². The smallest absolute Gasteiger partial charge is 0.165 e. The van der Waals surface area contributed by atoms with Crippen molar-refractivity contribution in [1.29, 1.82) is 0 Å². The van der Waals surface area contributed by atoms with Gasteiger partial charge in [0.15, 0.2) is 11.6 Å². The molecule has 0 saturated heterocycles. The highest BCUT2D eigenvalue weighted by Crippen LogP contribution is 2.36. The summed E-state index contributed by atoms with van der Waals surface area (Å²) < 4.78 is 35.3. The molecular weight excluding hydrogens is 426 g/mol. The summed E-state index contributed by atoms with van der Waals surface area (Å²) in [5.41, 5.74) is 3.46. The summed E-state index contributed by atoms with van der Waals surface area (Å²) in [6, 6.07) is 8.68. The van der Waals surface area contributed by atoms with Crippen molar-refractivity contribution in [1.82, 2.24) is 0 Å². The Morgan fingerprint density at radius 2 is 1.35 bits per heavy atom. The number of hydrogen-bond donors (Lipinski definition) is 0. The van der Waals surface area contributed by atoms with Gasteiger partial charge < -0.3 is 4.74 Å². The first-order valence-corrected chi connectivity index (χ1v) is 13.9. The molecule has 0 heterocycles. The molecule has 2 aromatic carbocycles. The number of rotatable bonds is 16. The minimum absolute atomic E-state index is 0.137. The van der Waals surface area contributed by atoms with Crippen LogP contribution in [0, 0.1) is 17.6 Å². The second kappa shape index (κ2) is 14.5. The quantitative estimate of drug-likeness (QED) is 0.222. The molecule has 188 valence electrons. The van der Waals surface area contributed by atoms with Crippen LogP contribution in [0.25, 0.3) is 11.1 Å². The van der Waals surface area contributed by atoms with E-state index < -0.39 is 0 Å². The summed E-state index contributed by atoms with van der Waals surface area (Å²) in [7, 11) is 0. The molecule has 1 atom stereocenters. The molecule has 3 heteroatoms. The van der Waals surface area contributed by atoms with Crippen molar-refractivity contribution >= 4 is 0 Å². The first-order chi connectivity index (χ1) is 16.6. The summed E-state index contributed by atoms with van der Waals surface area (Å²) in [5.74, 6) is 0.324. The van der Waals surface area contributed by atoms with Crippen molar-refractivity contribution in [2.24, 2.45) is 5.92 Å². The average molecular weight is 471 g/mol. The van der Waals surface area contributed by atoms with E-state index in [9.17, 15) is 8.78 Å². The van der Waals surface area contributed by atoms with Crippen LogP contribution in [0.4, 0.5) is 8.78 Å². The molecule has 0 aliphatic heterocycles. The fraction of sp³-hybridized carbons (Fsp3) is 0.613. The molecule has 0 amide bonds. The Morgan fingerprint density at radius 1 is 0.706 bits per heavy atom. The van der Waals surface area contributed by atoms with E-state index in [0.29, 0.717) is 18.1 Å². The van der Waals surface area contributed by atoms with Gasteiger partial charge in [0.1, 0.15) is 5.82 Å². The van der Waals surface area contributed by atoms with Crippen LogP contribution in [-0.2, 0) is 12.8 Å². The van der Waals surface area contributed by atoms with Gasteiger partial charge in [-0.15, -0.1) is 0 Å². The van der Waals surface area contributed by atoms with Gasteiger partial charge in [-0.05, 0) is 72.1 Å². The Hall–Kier alpha value is -1.90. The monoisotopic (exact) mass is 470 g/mol. The molecule has 3 rings (SSSR count). The molecule has 0 bridgehead atoms. The third kappa shape index (κ3) is 8.10. The zero-order valence-corrected chi connectivity index (χ0v) is 21.4. The maximum absolute atomic E-state index is 14.9. The molecule has 0 fully saturated rings. The Balaban J connectivity index is 1.51. The fourth-order valence-electron chi connectivity index (χ4n) is 5.22. The van der Waals surface area contributed by atoms with Gasteiger partial charge in [-0.1, -0.05) is 96.6 Å². The lowest BCUT2D eigenvalue weighted by atomic mass is 9.97. The SMILES string of the molecule is CCCCCCCCOc1ccc(-c2cc(F)c3c(c2)CC(CCCCCCCC)C3)cc1F. The van der Waals surface area contributed by atoms with Crippen LogP contribution in [-0.4, -0.2) is 6.61 Å². The first kappa shape index (κ1) is 26.7. The lowest BCUT2D eigenvalue weighted by Crippen LogP contribution is -1.99. The molecule has 2 aromatic rings. The normalized spacial score (nSPS) is 15.0. The second-order valence-electron chi connectivity index (χ2n) is 10.2. The van der Waals surface area contributed by atoms with E-state index in [4.69, 9.17) is 4.74 Å². The molecular formula is C31H44F2O. The topological polar surface area (TPSA) is 9.23 Å². The maximum Gasteiger partial charge on any atom is 0.165 e. The Bertz CT molecular complexity index is 876. The van der Waals surface area contributed by atoms with E-state index >= 15 is 0 Å². The lowest BCUT2D eigenvalue weighted by molar-refractivity contribution is 0.290. The Labute approximate surface area is 206 Å². The number of unbranched alkanes of at least 4 members (excludes halogenated alkanes) is 10. The third-order valence-electron chi connectivity index (χ3n) is 7.28. The van der Waals surface area contributed by atoms with Crippen molar-refractivity contribution in [3.05, 3.63) is 53.1 Å². The number of ether oxygens (including phenoxy) is 1. The van der Waals surface area contributed by atoms with Crippen molar-refractivity contribution in [3.8, 4) is 16.9 Å². The fourth-order valence-corrected chi connectivity index (χ4v) is 5.22. The van der Waals surface area contributed by atoms with Crippen LogP contribution in [0.2, 0.25) is 0 Å². The molecule has 0 spiro atoms. The van der Waals surface area contributed by atoms with Crippen molar-refractivity contribution in [3.63, 3.8) is 0 Å². The lowest BCUT2D eigenvalue weighted by Gasteiger charge is -2.10. The summed E-state index contributed by atoms with van der Waals surface area (Å²) in [5, 5.41) is 0. The van der Waals surface area contributed by atoms with E-state index in [2.05, 4.69) is 19.9 Å². The van der Waals surface area contributed by atoms with Crippen LogP contribution < -0.4 is 4.74 Å². The highest BCUT2D eigenvalue weighted by molar-refractivity contribution is 5.66. The minimum atomic E-state index is -0.370. The number of benzene rings is 2. The van der Waals surface area contributed by atoms with Gasteiger partial charge in [-0.25, -0.2) is 8.78 Å². The highest BCUT2D eigenvalue weighted by atomic mass is 19.1. The summed E-state index contributed by atoms with van der Waals surface area (Å²) >= 11 is 0. The Morgan fingerprint density at radius 3 is 2.06 bits per heavy atom. The molecule has 1 aliphatic carbocycles. The molecule has 0 N–H and O–H groups in total. The molecule has 34 heavy (non-hydrogen) atoms. The number of fused-ring (bicyclic) bond motifs is 1. The zero-order chi connectivity index (χ0) is 24.2. The van der Waals surface area contributed by atoms with Gasteiger partial charge >= 0.3 is 0 Å². The zero-order valence-electron chi connectivity index (χ0n) is 21.4. The van der Waals surface area contributed by atoms with Gasteiger partial charge in [0.25, 0.3) is 0 Å². The number of halogens is 2. The summed E-state index contributed by atoms with van der Waals surface area (Å²) in [6.45, 7) is 4.99. The molecule has 1 unspecified atom stereocenters. The highest BCUT2D eigenvalue weighted by Gasteiger charge is 2.25. The van der Waals surface area contributed by atoms with Gasteiger partial charge in [-0.3, -0.25) is 0 Å². The van der Waals surface area contributed by atoms with Crippen molar-refractivity contribution in [2.75, 3.05) is 6.61 Å². The minimum Gasteiger partial charge on any atom is -0.491 e. The van der Waals surface area contributed by atoms with Crippen LogP contribution in [0.5, 0.6) is 5.75 Å². The second-order valence-corrected chi connectivity index (χ2v) is 10.2. The predicted molar refractivity (Wildman–Crippen MR) is 140 cm³/mol. The van der Waals surface area contributed by atoms with Gasteiger partial charge in [-0.2, -0.15) is 0 Å². The van der Waals surface area contributed by atoms with Crippen LogP contribution in [0.3, 0.4) is 0 Å². The molecule has 0 radical (unpaired) electrons. The predicted octanol–water partition coefficient (Wildman–Crippen LogP) is 9.84. The summed E-state index contributed by atoms with van der Waals surface area (Å²) in [4.78, 5) is 0. The largest absolute Gasteiger partial charge is 0.491 e. The van der Waals surface area contributed by atoms with Crippen molar-refractivity contribution in [2.45, 2.75) is 110 Å². The van der Waals surface area contributed by atoms with Crippen molar-refractivity contribution < 1.29 is 13.5 Å². The standard InChI is InChI=1S/C31H44F2O/c1-3-5-7-9-11-13-15-24-19-27-21-26(23-29(32)28(27)20-24)25-16-17-31(30(33)22-25)34-18-14-12-10-8-6-4-2/h16-17,21-24H,3-15,18-20H2,1-2H3. The number of hydrogen-bond acceptors (Lipinski definition) is 1. The van der Waals surface area contributed by atoms with Crippen LogP contribution in [0.1, 0.15) is 108 Å². The van der Waals surface area contributed by atoms with E-state index in [1.54, 1.807) is 12.1 Å². The first-order valence-electron chi connectivity index (χ1n) is 13.9. The van der Waals surface area contributed by atoms with E-state index in [0.717, 1.165) is 42.4 Å². The van der Waals surface area contributed by atoms with Gasteiger partial charge in [0.2, 0.25) is 0 Å². The molecule has 1 nitrogen and oxygen atoms in total. The van der Waals surface area contributed by atoms with E-state index in [1.165, 1.54) is 76.7 Å². The third-order valence-corrected chi connectivity index (χ3v) is 7.28. The van der Waals surface area contributed by atoms with Gasteiger partial charge in [0, 0.05) is 0 Å². The average Bonchev–Trinajstić information content (AvgIpc) is 3.25. The molecule has 0 saturated carbocycles. The van der Waals surface area contributed by atoms with E-state index in [1.807, 2.05) is 6.07 Å². The van der Waals surface area contributed by atoms with Gasteiger partial charge in [0.05, 0.1) is 6.61 Å². The Kier molecular flexibility index (Phi) is 11.4. The maximum atomic E-state index is 14.9. The molecule has 1 aliphatic rings. The van der Waals surface area contributed by atoms with Crippen LogP contribution in [0.15, 0.2) is 30.3 Å².